The normalized spacial score (nSPS) is 11.1. The number of aromatic nitrogens is 2. The molecule has 4 rings (SSSR count). The number of aryl methyl sites for hydroxylation is 2. The number of rotatable bonds is 3. The molecule has 0 bridgehead atoms. The van der Waals surface area contributed by atoms with Crippen molar-refractivity contribution in [2.24, 2.45) is 0 Å². The highest BCUT2D eigenvalue weighted by Crippen LogP contribution is 2.39. The minimum atomic E-state index is 0.476. The number of nitrogens with one attached hydrogen (secondary N) is 1. The van der Waals surface area contributed by atoms with E-state index < -0.39 is 0 Å². The van der Waals surface area contributed by atoms with Crippen molar-refractivity contribution in [2.45, 2.75) is 13.8 Å². The summed E-state index contributed by atoms with van der Waals surface area (Å²) in [6.07, 6.45) is 1.56. The van der Waals surface area contributed by atoms with Crippen LogP contribution in [-0.2, 0) is 0 Å². The molecule has 2 heterocycles. The number of nitrogens with zero attached hydrogens (tertiary/aromatic N) is 2. The van der Waals surface area contributed by atoms with Crippen molar-refractivity contribution >= 4 is 56.3 Å². The molecular weight excluding hydrogens is 385 g/mol. The Balaban J connectivity index is 1.87. The smallest absolute Gasteiger partial charge is 0.143 e. The maximum Gasteiger partial charge on any atom is 0.143 e. The Morgan fingerprint density at radius 2 is 1.85 bits per heavy atom. The molecule has 0 aliphatic heterocycles. The average Bonchev–Trinajstić information content (AvgIpc) is 3.06. The topological polar surface area (TPSA) is 37.8 Å². The number of benzene rings is 2. The first kappa shape index (κ1) is 17.3. The van der Waals surface area contributed by atoms with E-state index in [9.17, 15) is 0 Å². The second-order valence-electron chi connectivity index (χ2n) is 6.08. The van der Waals surface area contributed by atoms with E-state index in [0.29, 0.717) is 15.9 Å². The van der Waals surface area contributed by atoms with E-state index in [2.05, 4.69) is 52.7 Å². The number of anilines is 2. The standard InChI is InChI=1S/C20H15Cl2N3S/c1-11-6-7-13(8-12(11)2)14-9-26-20-17(14)19(23-10-24-20)25-16-5-3-4-15(21)18(16)22/h3-10H,1-2H3,(H,23,24,25). The van der Waals surface area contributed by atoms with Crippen LogP contribution in [0.2, 0.25) is 10.0 Å². The average molecular weight is 400 g/mol. The molecule has 130 valence electrons. The van der Waals surface area contributed by atoms with Gasteiger partial charge in [-0.25, -0.2) is 9.97 Å². The van der Waals surface area contributed by atoms with E-state index >= 15 is 0 Å². The highest BCUT2D eigenvalue weighted by Gasteiger charge is 2.15. The zero-order valence-corrected chi connectivity index (χ0v) is 16.5. The Labute approximate surface area is 165 Å². The Morgan fingerprint density at radius 1 is 1.00 bits per heavy atom. The number of hydrogen-bond acceptors (Lipinski definition) is 4. The fraction of sp³-hybridized carbons (Fsp3) is 0.100. The van der Waals surface area contributed by atoms with Crippen molar-refractivity contribution in [1.29, 1.82) is 0 Å². The zero-order chi connectivity index (χ0) is 18.3. The lowest BCUT2D eigenvalue weighted by molar-refractivity contribution is 1.23. The van der Waals surface area contributed by atoms with Crippen LogP contribution >= 0.6 is 34.5 Å². The van der Waals surface area contributed by atoms with Crippen molar-refractivity contribution in [3.05, 3.63) is 69.3 Å². The van der Waals surface area contributed by atoms with Gasteiger partial charge in [0.2, 0.25) is 0 Å². The lowest BCUT2D eigenvalue weighted by Gasteiger charge is -2.11. The van der Waals surface area contributed by atoms with Gasteiger partial charge in [-0.05, 0) is 42.7 Å². The van der Waals surface area contributed by atoms with Gasteiger partial charge in [0.05, 0.1) is 21.1 Å². The SMILES string of the molecule is Cc1ccc(-c2csc3ncnc(Nc4cccc(Cl)c4Cl)c23)cc1C. The molecule has 0 unspecified atom stereocenters. The molecule has 0 atom stereocenters. The Morgan fingerprint density at radius 3 is 2.65 bits per heavy atom. The second kappa shape index (κ2) is 6.88. The van der Waals surface area contributed by atoms with E-state index in [-0.39, 0.29) is 0 Å². The molecule has 0 radical (unpaired) electrons. The van der Waals surface area contributed by atoms with Gasteiger partial charge in [-0.1, -0.05) is 47.5 Å². The van der Waals surface area contributed by atoms with Crippen LogP contribution in [0.4, 0.5) is 11.5 Å². The van der Waals surface area contributed by atoms with Crippen LogP contribution in [0.25, 0.3) is 21.3 Å². The fourth-order valence-electron chi connectivity index (χ4n) is 2.82. The third-order valence-electron chi connectivity index (χ3n) is 4.39. The molecule has 4 aromatic rings. The predicted octanol–water partition coefficient (Wildman–Crippen LogP) is 7.03. The summed E-state index contributed by atoms with van der Waals surface area (Å²) in [5, 5.41) is 7.40. The van der Waals surface area contributed by atoms with Crippen LogP contribution < -0.4 is 5.32 Å². The first-order valence-electron chi connectivity index (χ1n) is 8.05. The van der Waals surface area contributed by atoms with Gasteiger partial charge in [0, 0.05) is 10.9 Å². The van der Waals surface area contributed by atoms with Crippen LogP contribution in [0, 0.1) is 13.8 Å². The molecule has 2 aromatic heterocycles. The highest BCUT2D eigenvalue weighted by molar-refractivity contribution is 7.17. The van der Waals surface area contributed by atoms with Gasteiger partial charge in [0.15, 0.2) is 0 Å². The van der Waals surface area contributed by atoms with E-state index in [1.54, 1.807) is 23.7 Å². The molecule has 0 saturated carbocycles. The van der Waals surface area contributed by atoms with Gasteiger partial charge in [0.1, 0.15) is 17.0 Å². The van der Waals surface area contributed by atoms with Crippen molar-refractivity contribution < 1.29 is 0 Å². The summed E-state index contributed by atoms with van der Waals surface area (Å²) < 4.78 is 0. The van der Waals surface area contributed by atoms with Gasteiger partial charge in [0.25, 0.3) is 0 Å². The molecule has 0 amide bonds. The highest BCUT2D eigenvalue weighted by atomic mass is 35.5. The molecule has 2 aromatic carbocycles. The van der Waals surface area contributed by atoms with E-state index in [4.69, 9.17) is 23.2 Å². The van der Waals surface area contributed by atoms with Crippen molar-refractivity contribution in [3.8, 4) is 11.1 Å². The molecule has 0 saturated heterocycles. The van der Waals surface area contributed by atoms with Crippen LogP contribution in [-0.4, -0.2) is 9.97 Å². The molecule has 0 aliphatic rings. The molecular formula is C20H15Cl2N3S. The van der Waals surface area contributed by atoms with Crippen LogP contribution in [0.5, 0.6) is 0 Å². The second-order valence-corrected chi connectivity index (χ2v) is 7.72. The summed E-state index contributed by atoms with van der Waals surface area (Å²) in [5.74, 6) is 0.716. The van der Waals surface area contributed by atoms with Gasteiger partial charge >= 0.3 is 0 Å². The third kappa shape index (κ3) is 3.05. The van der Waals surface area contributed by atoms with Gasteiger partial charge < -0.3 is 5.32 Å². The van der Waals surface area contributed by atoms with Gasteiger partial charge in [-0.15, -0.1) is 11.3 Å². The molecule has 0 fully saturated rings. The van der Waals surface area contributed by atoms with Crippen LogP contribution in [0.1, 0.15) is 11.1 Å². The first-order valence-corrected chi connectivity index (χ1v) is 9.69. The largest absolute Gasteiger partial charge is 0.338 e. The van der Waals surface area contributed by atoms with Crippen molar-refractivity contribution in [3.63, 3.8) is 0 Å². The summed E-state index contributed by atoms with van der Waals surface area (Å²) in [6, 6.07) is 12.0. The van der Waals surface area contributed by atoms with Gasteiger partial charge in [-0.2, -0.15) is 0 Å². The Bertz CT molecular complexity index is 1120. The quantitative estimate of drug-likeness (QED) is 0.401. The maximum atomic E-state index is 6.33. The fourth-order valence-corrected chi connectivity index (χ4v) is 4.08. The number of halogens is 2. The molecule has 1 N–H and O–H groups in total. The zero-order valence-electron chi connectivity index (χ0n) is 14.2. The molecule has 6 heteroatoms. The summed E-state index contributed by atoms with van der Waals surface area (Å²) >= 11 is 14.1. The molecule has 3 nitrogen and oxygen atoms in total. The minimum absolute atomic E-state index is 0.476. The molecule has 0 aliphatic carbocycles. The summed E-state index contributed by atoms with van der Waals surface area (Å²) in [4.78, 5) is 9.80. The Hall–Kier alpha value is -2.14. The van der Waals surface area contributed by atoms with Crippen molar-refractivity contribution in [2.75, 3.05) is 5.32 Å². The Kier molecular flexibility index (Phi) is 4.57. The molecule has 0 spiro atoms. The lowest BCUT2D eigenvalue weighted by atomic mass is 10.0. The van der Waals surface area contributed by atoms with Gasteiger partial charge in [-0.3, -0.25) is 0 Å². The van der Waals surface area contributed by atoms with E-state index in [1.807, 2.05) is 12.1 Å². The number of thiophene rings is 1. The minimum Gasteiger partial charge on any atom is -0.338 e. The number of hydrogen-bond donors (Lipinski definition) is 1. The predicted molar refractivity (Wildman–Crippen MR) is 112 cm³/mol. The molecule has 26 heavy (non-hydrogen) atoms. The third-order valence-corrected chi connectivity index (χ3v) is 6.10. The lowest BCUT2D eigenvalue weighted by Crippen LogP contribution is -1.96. The van der Waals surface area contributed by atoms with E-state index in [0.717, 1.165) is 27.0 Å². The summed E-state index contributed by atoms with van der Waals surface area (Å²) in [6.45, 7) is 4.23. The first-order chi connectivity index (χ1) is 12.5. The van der Waals surface area contributed by atoms with Crippen LogP contribution in [0.15, 0.2) is 48.1 Å². The summed E-state index contributed by atoms with van der Waals surface area (Å²) in [7, 11) is 0. The maximum absolute atomic E-state index is 6.33. The monoisotopic (exact) mass is 399 g/mol. The van der Waals surface area contributed by atoms with Crippen LogP contribution in [0.3, 0.4) is 0 Å². The number of fused-ring (bicyclic) bond motifs is 1. The van der Waals surface area contributed by atoms with E-state index in [1.165, 1.54) is 11.1 Å². The van der Waals surface area contributed by atoms with Crippen molar-refractivity contribution in [1.82, 2.24) is 9.97 Å². The summed E-state index contributed by atoms with van der Waals surface area (Å²) in [5.41, 5.74) is 5.50.